The van der Waals surface area contributed by atoms with Crippen LogP contribution in [0.15, 0.2) is 48.5 Å². The summed E-state index contributed by atoms with van der Waals surface area (Å²) in [5.41, 5.74) is 8.27. The predicted octanol–water partition coefficient (Wildman–Crippen LogP) is 2.78. The summed E-state index contributed by atoms with van der Waals surface area (Å²) in [5.74, 6) is -1.21. The third-order valence-electron chi connectivity index (χ3n) is 4.52. The molecule has 8 heteroatoms. The first-order chi connectivity index (χ1) is 15.1. The molecule has 1 amide bonds. The van der Waals surface area contributed by atoms with Crippen LogP contribution in [0.5, 0.6) is 0 Å². The topological polar surface area (TPSA) is 132 Å². The molecular weight excluding hydrogens is 410 g/mol. The van der Waals surface area contributed by atoms with Crippen LogP contribution in [0.4, 0.5) is 0 Å². The average Bonchev–Trinajstić information content (AvgIpc) is 2.73. The lowest BCUT2D eigenvalue weighted by Gasteiger charge is -2.16. The highest BCUT2D eigenvalue weighted by Crippen LogP contribution is 2.20. The SMILES string of the molecule is CC(C)(C)C(=O)OCOC(=O)CCNC(=O)Cc1ccc(-c2ccc(C(=N)N)cc2)cc1. The smallest absolute Gasteiger partial charge is 0.314 e. The predicted molar refractivity (Wildman–Crippen MR) is 121 cm³/mol. The van der Waals surface area contributed by atoms with E-state index in [0.29, 0.717) is 5.56 Å². The average molecular weight is 440 g/mol. The molecule has 0 radical (unpaired) electrons. The fraction of sp³-hybridized carbons (Fsp3) is 0.333. The molecule has 2 aromatic carbocycles. The van der Waals surface area contributed by atoms with Crippen molar-refractivity contribution in [1.82, 2.24) is 5.32 Å². The molecule has 0 fully saturated rings. The zero-order valence-electron chi connectivity index (χ0n) is 18.6. The van der Waals surface area contributed by atoms with Crippen molar-refractivity contribution in [3.05, 3.63) is 59.7 Å². The molecule has 0 saturated heterocycles. The first-order valence-electron chi connectivity index (χ1n) is 10.2. The maximum Gasteiger partial charge on any atom is 0.314 e. The molecule has 0 spiro atoms. The third-order valence-corrected chi connectivity index (χ3v) is 4.52. The van der Waals surface area contributed by atoms with Gasteiger partial charge in [0.1, 0.15) is 5.84 Å². The maximum atomic E-state index is 12.1. The molecule has 0 aliphatic rings. The molecule has 2 rings (SSSR count). The number of rotatable bonds is 9. The van der Waals surface area contributed by atoms with Gasteiger partial charge in [-0.25, -0.2) is 0 Å². The van der Waals surface area contributed by atoms with E-state index in [9.17, 15) is 14.4 Å². The van der Waals surface area contributed by atoms with Crippen molar-refractivity contribution >= 4 is 23.7 Å². The lowest BCUT2D eigenvalue weighted by atomic mass is 9.98. The number of benzene rings is 2. The number of nitrogens with two attached hydrogens (primary N) is 1. The number of hydrogen-bond donors (Lipinski definition) is 3. The molecule has 0 saturated carbocycles. The first kappa shape index (κ1) is 24.6. The number of nitrogen functional groups attached to an aromatic ring is 1. The van der Waals surface area contributed by atoms with Crippen LogP contribution in [0, 0.1) is 10.8 Å². The maximum absolute atomic E-state index is 12.1. The van der Waals surface area contributed by atoms with Crippen LogP contribution in [-0.2, 0) is 30.3 Å². The fourth-order valence-electron chi connectivity index (χ4n) is 2.65. The lowest BCUT2D eigenvalue weighted by molar-refractivity contribution is -0.173. The van der Waals surface area contributed by atoms with Gasteiger partial charge in [0.25, 0.3) is 0 Å². The zero-order chi connectivity index (χ0) is 23.7. The Morgan fingerprint density at radius 3 is 2.03 bits per heavy atom. The van der Waals surface area contributed by atoms with Crippen LogP contribution in [0.2, 0.25) is 0 Å². The van der Waals surface area contributed by atoms with E-state index in [4.69, 9.17) is 20.6 Å². The van der Waals surface area contributed by atoms with E-state index in [-0.39, 0.29) is 31.1 Å². The summed E-state index contributed by atoms with van der Waals surface area (Å²) in [4.78, 5) is 35.3. The van der Waals surface area contributed by atoms with Crippen molar-refractivity contribution in [1.29, 1.82) is 5.41 Å². The van der Waals surface area contributed by atoms with Gasteiger partial charge in [0, 0.05) is 12.1 Å². The standard InChI is InChI=1S/C24H29N3O5/c1-24(2,3)23(30)32-15-31-21(29)12-13-27-20(28)14-16-4-6-17(7-5-16)18-8-10-19(11-9-18)22(25)26/h4-11H,12-15H2,1-3H3,(H3,25,26)(H,27,28). The van der Waals surface area contributed by atoms with Gasteiger partial charge in [-0.1, -0.05) is 48.5 Å². The van der Waals surface area contributed by atoms with Crippen molar-refractivity contribution in [3.8, 4) is 11.1 Å². The second-order valence-corrected chi connectivity index (χ2v) is 8.28. The fourth-order valence-corrected chi connectivity index (χ4v) is 2.65. The van der Waals surface area contributed by atoms with Gasteiger partial charge in [-0.3, -0.25) is 19.8 Å². The highest BCUT2D eigenvalue weighted by Gasteiger charge is 2.23. The van der Waals surface area contributed by atoms with E-state index >= 15 is 0 Å². The Hall–Kier alpha value is -3.68. The Morgan fingerprint density at radius 2 is 1.50 bits per heavy atom. The monoisotopic (exact) mass is 439 g/mol. The number of amides is 1. The molecule has 0 aliphatic carbocycles. The molecule has 0 unspecified atom stereocenters. The van der Waals surface area contributed by atoms with Gasteiger partial charge in [0.05, 0.1) is 18.3 Å². The molecule has 0 heterocycles. The molecule has 32 heavy (non-hydrogen) atoms. The lowest BCUT2D eigenvalue weighted by Crippen LogP contribution is -2.28. The summed E-state index contributed by atoms with van der Waals surface area (Å²) in [6.07, 6.45) is 0.163. The second kappa shape index (κ2) is 11.1. The largest absolute Gasteiger partial charge is 0.428 e. The van der Waals surface area contributed by atoms with Crippen molar-refractivity contribution in [3.63, 3.8) is 0 Å². The summed E-state index contributed by atoms with van der Waals surface area (Å²) in [7, 11) is 0. The van der Waals surface area contributed by atoms with Crippen LogP contribution in [0.3, 0.4) is 0 Å². The van der Waals surface area contributed by atoms with Gasteiger partial charge in [-0.05, 0) is 37.5 Å². The molecule has 0 aromatic heterocycles. The number of carbonyl (C=O) groups is 3. The number of nitrogens with one attached hydrogen (secondary N) is 2. The van der Waals surface area contributed by atoms with Crippen molar-refractivity contribution in [2.75, 3.05) is 13.3 Å². The highest BCUT2D eigenvalue weighted by molar-refractivity contribution is 5.95. The summed E-state index contributed by atoms with van der Waals surface area (Å²) < 4.78 is 9.69. The highest BCUT2D eigenvalue weighted by atomic mass is 16.7. The molecule has 0 atom stereocenters. The van der Waals surface area contributed by atoms with Crippen LogP contribution < -0.4 is 11.1 Å². The van der Waals surface area contributed by atoms with E-state index in [2.05, 4.69) is 5.32 Å². The summed E-state index contributed by atoms with van der Waals surface area (Å²) in [6.45, 7) is 4.80. The Kier molecular flexibility index (Phi) is 8.52. The minimum Gasteiger partial charge on any atom is -0.428 e. The molecule has 170 valence electrons. The Bertz CT molecular complexity index is 961. The van der Waals surface area contributed by atoms with E-state index in [1.807, 2.05) is 36.4 Å². The van der Waals surface area contributed by atoms with E-state index in [0.717, 1.165) is 16.7 Å². The Balaban J connectivity index is 1.72. The van der Waals surface area contributed by atoms with Gasteiger partial charge in [0.15, 0.2) is 0 Å². The van der Waals surface area contributed by atoms with Gasteiger partial charge in [-0.15, -0.1) is 0 Å². The van der Waals surface area contributed by atoms with Gasteiger partial charge >= 0.3 is 11.9 Å². The molecule has 0 aliphatic heterocycles. The van der Waals surface area contributed by atoms with Gasteiger partial charge in [0.2, 0.25) is 12.7 Å². The third kappa shape index (κ3) is 7.86. The van der Waals surface area contributed by atoms with Gasteiger partial charge < -0.3 is 20.5 Å². The molecule has 2 aromatic rings. The van der Waals surface area contributed by atoms with E-state index in [1.54, 1.807) is 32.9 Å². The quantitative estimate of drug-likeness (QED) is 0.238. The Morgan fingerprint density at radius 1 is 0.938 bits per heavy atom. The van der Waals surface area contributed by atoms with Crippen molar-refractivity contribution in [2.24, 2.45) is 11.1 Å². The molecule has 8 nitrogen and oxygen atoms in total. The van der Waals surface area contributed by atoms with E-state index < -0.39 is 24.1 Å². The minimum absolute atomic E-state index is 0.0198. The van der Waals surface area contributed by atoms with Gasteiger partial charge in [-0.2, -0.15) is 0 Å². The number of amidine groups is 1. The zero-order valence-corrected chi connectivity index (χ0v) is 18.6. The Labute approximate surface area is 187 Å². The van der Waals surface area contributed by atoms with E-state index in [1.165, 1.54) is 0 Å². The molecule has 4 N–H and O–H groups in total. The van der Waals surface area contributed by atoms with Crippen LogP contribution >= 0.6 is 0 Å². The number of ether oxygens (including phenoxy) is 2. The first-order valence-corrected chi connectivity index (χ1v) is 10.2. The summed E-state index contributed by atoms with van der Waals surface area (Å²) >= 11 is 0. The minimum atomic E-state index is -0.668. The normalized spacial score (nSPS) is 10.8. The molecule has 0 bridgehead atoms. The molecular formula is C24H29N3O5. The van der Waals surface area contributed by atoms with Crippen LogP contribution in [-0.4, -0.2) is 37.0 Å². The van der Waals surface area contributed by atoms with Crippen LogP contribution in [0.25, 0.3) is 11.1 Å². The van der Waals surface area contributed by atoms with Crippen molar-refractivity contribution < 1.29 is 23.9 Å². The summed E-state index contributed by atoms with van der Waals surface area (Å²) in [5, 5.41) is 10.1. The van der Waals surface area contributed by atoms with Crippen LogP contribution in [0.1, 0.15) is 38.3 Å². The summed E-state index contributed by atoms with van der Waals surface area (Å²) in [6, 6.07) is 14.9. The number of esters is 2. The number of hydrogen-bond acceptors (Lipinski definition) is 6. The second-order valence-electron chi connectivity index (χ2n) is 8.28. The number of carbonyl (C=O) groups excluding carboxylic acids is 3. The van der Waals surface area contributed by atoms with Crippen molar-refractivity contribution in [2.45, 2.75) is 33.6 Å².